The van der Waals surface area contributed by atoms with Gasteiger partial charge in [0, 0.05) is 0 Å². The van der Waals surface area contributed by atoms with E-state index in [9.17, 15) is 0 Å². The molecule has 0 radical (unpaired) electrons. The molecule has 1 nitrogen and oxygen atoms in total. The van der Waals surface area contributed by atoms with Gasteiger partial charge in [0.05, 0.1) is 6.10 Å². The molecule has 0 spiro atoms. The highest BCUT2D eigenvalue weighted by Crippen LogP contribution is 2.37. The lowest BCUT2D eigenvalue weighted by Crippen LogP contribution is -2.43. The molecule has 0 heterocycles. The lowest BCUT2D eigenvalue weighted by atomic mass is 10.1. The van der Waals surface area contributed by atoms with Crippen LogP contribution < -0.4 is 0 Å². The molecule has 0 aromatic heterocycles. The summed E-state index contributed by atoms with van der Waals surface area (Å²) in [5, 5.41) is 0.262. The van der Waals surface area contributed by atoms with Gasteiger partial charge in [-0.05, 0) is 43.0 Å². The number of unbranched alkanes of at least 4 members (excludes halogenated alkanes) is 1. The molecular formula is C19H32OSi. The minimum absolute atomic E-state index is 0.210. The zero-order valence-electron chi connectivity index (χ0n) is 14.5. The second kappa shape index (κ2) is 7.95. The van der Waals surface area contributed by atoms with Crippen molar-refractivity contribution in [2.45, 2.75) is 70.7 Å². The van der Waals surface area contributed by atoms with E-state index in [-0.39, 0.29) is 11.1 Å². The Bertz CT molecular complexity index is 417. The van der Waals surface area contributed by atoms with E-state index in [0.29, 0.717) is 0 Å². The Labute approximate surface area is 132 Å². The van der Waals surface area contributed by atoms with Crippen molar-refractivity contribution in [2.24, 2.45) is 0 Å². The van der Waals surface area contributed by atoms with Gasteiger partial charge in [-0.25, -0.2) is 0 Å². The smallest absolute Gasteiger partial charge is 0.192 e. The third-order valence-electron chi connectivity index (χ3n) is 4.56. The van der Waals surface area contributed by atoms with Gasteiger partial charge < -0.3 is 4.43 Å². The molecule has 1 aromatic carbocycles. The Kier molecular flexibility index (Phi) is 6.89. The molecule has 1 unspecified atom stereocenters. The number of aryl methyl sites for hydroxylation is 1. The third-order valence-corrected chi connectivity index (χ3v) is 9.07. The van der Waals surface area contributed by atoms with Crippen LogP contribution in [0.15, 0.2) is 43.0 Å². The van der Waals surface area contributed by atoms with E-state index in [1.54, 1.807) is 0 Å². The fourth-order valence-corrected chi connectivity index (χ4v) is 3.42. The first-order valence-electron chi connectivity index (χ1n) is 8.10. The minimum Gasteiger partial charge on any atom is -0.411 e. The number of rotatable bonds is 8. The van der Waals surface area contributed by atoms with Crippen LogP contribution in [-0.2, 0) is 10.8 Å². The van der Waals surface area contributed by atoms with Crippen molar-refractivity contribution >= 4 is 8.32 Å². The lowest BCUT2D eigenvalue weighted by Gasteiger charge is -2.38. The highest BCUT2D eigenvalue weighted by molar-refractivity contribution is 6.74. The molecule has 0 bridgehead atoms. The first kappa shape index (κ1) is 18.2. The van der Waals surface area contributed by atoms with Gasteiger partial charge in [-0.3, -0.25) is 0 Å². The van der Waals surface area contributed by atoms with Crippen molar-refractivity contribution < 1.29 is 4.43 Å². The van der Waals surface area contributed by atoms with Gasteiger partial charge in [0.2, 0.25) is 0 Å². The molecule has 21 heavy (non-hydrogen) atoms. The molecule has 0 saturated heterocycles. The summed E-state index contributed by atoms with van der Waals surface area (Å²) >= 11 is 0. The Balaban J connectivity index is 2.36. The second-order valence-electron chi connectivity index (χ2n) is 7.38. The highest BCUT2D eigenvalue weighted by atomic mass is 28.4. The summed E-state index contributed by atoms with van der Waals surface area (Å²) < 4.78 is 6.42. The maximum atomic E-state index is 6.42. The zero-order valence-corrected chi connectivity index (χ0v) is 15.5. The monoisotopic (exact) mass is 304 g/mol. The van der Waals surface area contributed by atoms with Crippen LogP contribution in [0, 0.1) is 0 Å². The van der Waals surface area contributed by atoms with Gasteiger partial charge in [-0.15, -0.1) is 6.58 Å². The fourth-order valence-electron chi connectivity index (χ4n) is 2.10. The van der Waals surface area contributed by atoms with E-state index < -0.39 is 8.32 Å². The molecule has 0 amide bonds. The first-order valence-corrected chi connectivity index (χ1v) is 11.0. The quantitative estimate of drug-likeness (QED) is 0.326. The summed E-state index contributed by atoms with van der Waals surface area (Å²) in [6, 6.07) is 10.7. The molecule has 0 saturated carbocycles. The minimum atomic E-state index is -1.68. The Morgan fingerprint density at radius 2 is 1.76 bits per heavy atom. The van der Waals surface area contributed by atoms with Gasteiger partial charge in [0.1, 0.15) is 0 Å². The molecule has 0 aliphatic rings. The zero-order chi connectivity index (χ0) is 15.9. The number of benzene rings is 1. The van der Waals surface area contributed by atoms with Gasteiger partial charge >= 0.3 is 0 Å². The summed E-state index contributed by atoms with van der Waals surface area (Å²) in [4.78, 5) is 0. The first-order chi connectivity index (χ1) is 9.76. The SMILES string of the molecule is C=CC(CCCCc1ccccc1)O[Si](C)(C)C(C)(C)C. The topological polar surface area (TPSA) is 9.23 Å². The molecule has 1 rings (SSSR count). The van der Waals surface area contributed by atoms with Crippen LogP contribution in [-0.4, -0.2) is 14.4 Å². The van der Waals surface area contributed by atoms with E-state index >= 15 is 0 Å². The van der Waals surface area contributed by atoms with Crippen LogP contribution in [0.25, 0.3) is 0 Å². The van der Waals surface area contributed by atoms with E-state index in [1.165, 1.54) is 18.4 Å². The molecule has 2 heteroatoms. The maximum Gasteiger partial charge on any atom is 0.192 e. The van der Waals surface area contributed by atoms with Gasteiger partial charge in [-0.2, -0.15) is 0 Å². The standard InChI is InChI=1S/C19H32OSi/c1-7-18(20-21(5,6)19(2,3)4)16-12-11-15-17-13-9-8-10-14-17/h7-10,13-14,18H,1,11-12,15-16H2,2-6H3. The van der Waals surface area contributed by atoms with Crippen molar-refractivity contribution in [3.63, 3.8) is 0 Å². The molecule has 1 atom stereocenters. The summed E-state index contributed by atoms with van der Waals surface area (Å²) in [5.41, 5.74) is 1.43. The fraction of sp³-hybridized carbons (Fsp3) is 0.579. The molecule has 0 aliphatic carbocycles. The van der Waals surface area contributed by atoms with Crippen LogP contribution in [0.3, 0.4) is 0 Å². The Hall–Kier alpha value is -0.863. The average Bonchev–Trinajstić information content (AvgIpc) is 2.42. The molecule has 0 N–H and O–H groups in total. The second-order valence-corrected chi connectivity index (χ2v) is 12.1. The third kappa shape index (κ3) is 6.19. The number of hydrogen-bond donors (Lipinski definition) is 0. The Morgan fingerprint density at radius 1 is 1.14 bits per heavy atom. The van der Waals surface area contributed by atoms with E-state index in [4.69, 9.17) is 4.43 Å². The van der Waals surface area contributed by atoms with Crippen molar-refractivity contribution in [3.05, 3.63) is 48.6 Å². The predicted octanol–water partition coefficient (Wildman–Crippen LogP) is 5.98. The van der Waals surface area contributed by atoms with E-state index in [1.807, 2.05) is 6.08 Å². The summed E-state index contributed by atoms with van der Waals surface area (Å²) in [6.45, 7) is 15.4. The molecule has 0 aliphatic heterocycles. The van der Waals surface area contributed by atoms with Gasteiger partial charge in [-0.1, -0.05) is 63.6 Å². The van der Waals surface area contributed by atoms with Crippen LogP contribution >= 0.6 is 0 Å². The van der Waals surface area contributed by atoms with E-state index in [0.717, 1.165) is 12.8 Å². The van der Waals surface area contributed by atoms with Crippen LogP contribution in [0.2, 0.25) is 18.1 Å². The molecule has 0 fully saturated rings. The van der Waals surface area contributed by atoms with Crippen LogP contribution in [0.4, 0.5) is 0 Å². The van der Waals surface area contributed by atoms with Crippen molar-refractivity contribution in [3.8, 4) is 0 Å². The molecule has 1 aromatic rings. The van der Waals surface area contributed by atoms with Gasteiger partial charge in [0.15, 0.2) is 8.32 Å². The molecule has 118 valence electrons. The largest absolute Gasteiger partial charge is 0.411 e. The van der Waals surface area contributed by atoms with Crippen LogP contribution in [0.1, 0.15) is 45.6 Å². The van der Waals surface area contributed by atoms with Crippen molar-refractivity contribution in [2.75, 3.05) is 0 Å². The van der Waals surface area contributed by atoms with E-state index in [2.05, 4.69) is 70.8 Å². The lowest BCUT2D eigenvalue weighted by molar-refractivity contribution is 0.211. The normalized spacial score (nSPS) is 14.0. The highest BCUT2D eigenvalue weighted by Gasteiger charge is 2.38. The summed E-state index contributed by atoms with van der Waals surface area (Å²) in [6.07, 6.45) is 6.85. The van der Waals surface area contributed by atoms with Crippen LogP contribution in [0.5, 0.6) is 0 Å². The van der Waals surface area contributed by atoms with Crippen molar-refractivity contribution in [1.82, 2.24) is 0 Å². The molecular weight excluding hydrogens is 272 g/mol. The summed E-state index contributed by atoms with van der Waals surface area (Å²) in [5.74, 6) is 0. The van der Waals surface area contributed by atoms with Gasteiger partial charge in [0.25, 0.3) is 0 Å². The number of hydrogen-bond acceptors (Lipinski definition) is 1. The predicted molar refractivity (Wildman–Crippen MR) is 96.3 cm³/mol. The average molecular weight is 305 g/mol. The van der Waals surface area contributed by atoms with Crippen molar-refractivity contribution in [1.29, 1.82) is 0 Å². The Morgan fingerprint density at radius 3 is 2.29 bits per heavy atom. The maximum absolute atomic E-state index is 6.42. The summed E-state index contributed by atoms with van der Waals surface area (Å²) in [7, 11) is -1.68.